The second-order valence-corrected chi connectivity index (χ2v) is 2.80. The second kappa shape index (κ2) is 2.35. The summed E-state index contributed by atoms with van der Waals surface area (Å²) in [6, 6.07) is 0. The lowest BCUT2D eigenvalue weighted by Crippen LogP contribution is -2.10. The molecule has 4 heteroatoms. The molecule has 0 aliphatic heterocycles. The Morgan fingerprint density at radius 2 is 1.83 bits per heavy atom. The van der Waals surface area contributed by atoms with Crippen molar-refractivity contribution in [1.29, 1.82) is 0 Å². The lowest BCUT2D eigenvalue weighted by molar-refractivity contribution is 0.568. The predicted octanol–water partition coefficient (Wildman–Crippen LogP) is -0.265. The fourth-order valence-electron chi connectivity index (χ4n) is 0. The average Bonchev–Trinajstić information content (AvgIpc) is 1.36. The van der Waals surface area contributed by atoms with Crippen LogP contribution in [0.1, 0.15) is 0 Å². The number of hydrogen-bond acceptors (Lipinski definition) is 1. The first-order chi connectivity index (χ1) is 2.64. The molecular formula is C2H9N2OP+. The molecule has 0 fully saturated rings. The standard InChI is InChI=1S/C2H9N2OP/c1-4(2)6(3)5/h6H,1-2H3,(H2,3,5)/q+1. The van der Waals surface area contributed by atoms with Crippen LogP contribution in [0.4, 0.5) is 0 Å². The van der Waals surface area contributed by atoms with Gasteiger partial charge in [-0.2, -0.15) is 0 Å². The van der Waals surface area contributed by atoms with E-state index in [0.29, 0.717) is 0 Å². The van der Waals surface area contributed by atoms with Crippen molar-refractivity contribution in [1.82, 2.24) is 4.67 Å². The molecule has 0 heterocycles. The summed E-state index contributed by atoms with van der Waals surface area (Å²) in [5.41, 5.74) is 4.91. The molecule has 0 amide bonds. The van der Waals surface area contributed by atoms with E-state index in [1.165, 1.54) is 4.67 Å². The van der Waals surface area contributed by atoms with Gasteiger partial charge >= 0.3 is 8.10 Å². The third kappa shape index (κ3) is 2.39. The van der Waals surface area contributed by atoms with Crippen LogP contribution in [0.15, 0.2) is 0 Å². The average molecular weight is 108 g/mol. The maximum atomic E-state index is 10.0. The summed E-state index contributed by atoms with van der Waals surface area (Å²) in [5, 5.41) is 0. The van der Waals surface area contributed by atoms with Crippen LogP contribution in [0.5, 0.6) is 0 Å². The number of rotatable bonds is 1. The van der Waals surface area contributed by atoms with Crippen LogP contribution in [-0.4, -0.2) is 14.1 Å². The topological polar surface area (TPSA) is 49.0 Å². The first-order valence-electron chi connectivity index (χ1n) is 1.61. The van der Waals surface area contributed by atoms with E-state index in [1.54, 1.807) is 14.1 Å². The Hall–Kier alpha value is 0.150. The van der Waals surface area contributed by atoms with E-state index in [0.717, 1.165) is 0 Å². The fourth-order valence-corrected chi connectivity index (χ4v) is 0. The van der Waals surface area contributed by atoms with Crippen LogP contribution in [0.25, 0.3) is 0 Å². The minimum atomic E-state index is -1.87. The highest BCUT2D eigenvalue weighted by Gasteiger charge is 1.99. The van der Waals surface area contributed by atoms with Crippen LogP contribution < -0.4 is 10.2 Å². The van der Waals surface area contributed by atoms with Crippen molar-refractivity contribution < 1.29 is 4.57 Å². The highest BCUT2D eigenvalue weighted by Crippen LogP contribution is 2.04. The third-order valence-corrected chi connectivity index (χ3v) is 1.32. The molecule has 1 unspecified atom stereocenters. The van der Waals surface area contributed by atoms with Crippen molar-refractivity contribution in [3.8, 4) is 0 Å². The maximum Gasteiger partial charge on any atom is 0.349 e. The van der Waals surface area contributed by atoms with Gasteiger partial charge in [-0.05, 0) is 0 Å². The number of hydrogen-bond donors (Lipinski definition) is 1. The summed E-state index contributed by atoms with van der Waals surface area (Å²) in [7, 11) is 1.50. The molecule has 1 radical (unpaired) electrons. The predicted molar refractivity (Wildman–Crippen MR) is 27.2 cm³/mol. The van der Waals surface area contributed by atoms with E-state index in [1.807, 2.05) is 0 Å². The molecule has 0 spiro atoms. The molecule has 37 valence electrons. The van der Waals surface area contributed by atoms with Gasteiger partial charge in [-0.3, -0.25) is 0 Å². The van der Waals surface area contributed by atoms with E-state index in [4.69, 9.17) is 5.50 Å². The normalized spacial score (nSPS) is 15.3. The van der Waals surface area contributed by atoms with Crippen molar-refractivity contribution >= 4 is 8.10 Å². The Morgan fingerprint density at radius 3 is 1.83 bits per heavy atom. The van der Waals surface area contributed by atoms with E-state index >= 15 is 0 Å². The van der Waals surface area contributed by atoms with Gasteiger partial charge in [-0.1, -0.05) is 0 Å². The Kier molecular flexibility index (Phi) is 2.40. The van der Waals surface area contributed by atoms with Crippen LogP contribution in [0.3, 0.4) is 0 Å². The maximum absolute atomic E-state index is 10.0. The van der Waals surface area contributed by atoms with Crippen molar-refractivity contribution in [2.75, 3.05) is 14.1 Å². The monoisotopic (exact) mass is 108 g/mol. The van der Waals surface area contributed by atoms with Gasteiger partial charge in [0.1, 0.15) is 14.1 Å². The van der Waals surface area contributed by atoms with Crippen LogP contribution >= 0.6 is 8.10 Å². The molecule has 0 aliphatic rings. The Morgan fingerprint density at radius 1 is 1.67 bits per heavy atom. The zero-order valence-corrected chi connectivity index (χ0v) is 4.93. The second-order valence-electron chi connectivity index (χ2n) is 1.23. The smallest absolute Gasteiger partial charge is 0.241 e. The lowest BCUT2D eigenvalue weighted by Gasteiger charge is -1.88. The van der Waals surface area contributed by atoms with Gasteiger partial charge in [0.15, 0.2) is 0 Å². The molecule has 2 N–H and O–H groups in total. The van der Waals surface area contributed by atoms with Crippen LogP contribution in [0, 0.1) is 0 Å². The highest BCUT2D eigenvalue weighted by molar-refractivity contribution is 7.40. The van der Waals surface area contributed by atoms with Gasteiger partial charge < -0.3 is 0 Å². The molecule has 0 aromatic heterocycles. The molecule has 0 rings (SSSR count). The molecular weight excluding hydrogens is 99.0 g/mol. The zero-order valence-electron chi connectivity index (χ0n) is 3.93. The van der Waals surface area contributed by atoms with Gasteiger partial charge in [0, 0.05) is 0 Å². The summed E-state index contributed by atoms with van der Waals surface area (Å²) in [6.45, 7) is 0. The Balaban J connectivity index is 3.26. The number of nitrogens with zero attached hydrogens (tertiary/aromatic N) is 1. The van der Waals surface area contributed by atoms with Crippen molar-refractivity contribution in [3.05, 3.63) is 0 Å². The van der Waals surface area contributed by atoms with Gasteiger partial charge in [-0.15, -0.1) is 4.67 Å². The molecule has 0 bridgehead atoms. The van der Waals surface area contributed by atoms with Gasteiger partial charge in [-0.25, -0.2) is 10.1 Å². The molecule has 0 saturated heterocycles. The van der Waals surface area contributed by atoms with Gasteiger partial charge in [0.2, 0.25) is 0 Å². The summed E-state index contributed by atoms with van der Waals surface area (Å²) in [5.74, 6) is 0. The first kappa shape index (κ1) is 6.15. The zero-order chi connectivity index (χ0) is 5.15. The van der Waals surface area contributed by atoms with Gasteiger partial charge in [0.05, 0.1) is 0 Å². The molecule has 0 aliphatic carbocycles. The fraction of sp³-hybridized carbons (Fsp3) is 1.00. The van der Waals surface area contributed by atoms with Gasteiger partial charge in [0.25, 0.3) is 0 Å². The minimum absolute atomic E-state index is 1.49. The summed E-state index contributed by atoms with van der Waals surface area (Å²) < 4.78 is 11.5. The number of nitrogens with two attached hydrogens (primary N) is 1. The summed E-state index contributed by atoms with van der Waals surface area (Å²) in [6.07, 6.45) is 0. The van der Waals surface area contributed by atoms with E-state index in [9.17, 15) is 4.57 Å². The van der Waals surface area contributed by atoms with Crippen molar-refractivity contribution in [3.63, 3.8) is 0 Å². The molecule has 0 aromatic rings. The summed E-state index contributed by atoms with van der Waals surface area (Å²) >= 11 is 0. The quantitative estimate of drug-likeness (QED) is 0.470. The third-order valence-electron chi connectivity index (χ3n) is 0.441. The lowest BCUT2D eigenvalue weighted by atomic mass is 11.3. The Bertz CT molecular complexity index is 62.6. The molecule has 3 nitrogen and oxygen atoms in total. The van der Waals surface area contributed by atoms with E-state index in [2.05, 4.69) is 0 Å². The van der Waals surface area contributed by atoms with Crippen molar-refractivity contribution in [2.24, 2.45) is 5.50 Å². The minimum Gasteiger partial charge on any atom is -0.241 e. The Labute approximate surface area is 38.0 Å². The van der Waals surface area contributed by atoms with Crippen molar-refractivity contribution in [2.45, 2.75) is 0 Å². The summed E-state index contributed by atoms with van der Waals surface area (Å²) in [4.78, 5) is 0. The SMILES string of the molecule is C[N+](C)[PH](N)=O. The van der Waals surface area contributed by atoms with E-state index in [-0.39, 0.29) is 0 Å². The highest BCUT2D eigenvalue weighted by atomic mass is 31.1. The van der Waals surface area contributed by atoms with E-state index < -0.39 is 8.10 Å². The van der Waals surface area contributed by atoms with Crippen LogP contribution in [0.2, 0.25) is 0 Å². The first-order valence-corrected chi connectivity index (χ1v) is 3.04. The molecule has 1 atom stereocenters. The van der Waals surface area contributed by atoms with Crippen LogP contribution in [-0.2, 0) is 4.57 Å². The molecule has 6 heavy (non-hydrogen) atoms. The molecule has 0 aromatic carbocycles. The molecule has 0 saturated carbocycles. The largest absolute Gasteiger partial charge is 0.349 e.